The van der Waals surface area contributed by atoms with Crippen LogP contribution in [0.15, 0.2) is 24.3 Å². The summed E-state index contributed by atoms with van der Waals surface area (Å²) in [4.78, 5) is 11.5. The van der Waals surface area contributed by atoms with Crippen LogP contribution in [0.2, 0.25) is 5.02 Å². The van der Waals surface area contributed by atoms with Crippen molar-refractivity contribution < 1.29 is 19.0 Å². The molecule has 0 aliphatic heterocycles. The van der Waals surface area contributed by atoms with Crippen molar-refractivity contribution in [2.24, 2.45) is 5.92 Å². The number of hydrogen-bond acceptors (Lipinski definition) is 4. The van der Waals surface area contributed by atoms with Crippen molar-refractivity contribution in [1.82, 2.24) is 0 Å². The Labute approximate surface area is 112 Å². The average Bonchev–Trinajstić information content (AvgIpc) is 2.38. The van der Waals surface area contributed by atoms with Gasteiger partial charge in [-0.1, -0.05) is 17.7 Å². The zero-order chi connectivity index (χ0) is 13.4. The molecule has 1 rings (SSSR count). The van der Waals surface area contributed by atoms with Gasteiger partial charge in [0.1, 0.15) is 12.4 Å². The van der Waals surface area contributed by atoms with Crippen molar-refractivity contribution in [3.8, 4) is 5.75 Å². The third-order valence-corrected chi connectivity index (χ3v) is 2.69. The van der Waals surface area contributed by atoms with Gasteiger partial charge >= 0.3 is 5.97 Å². The van der Waals surface area contributed by atoms with E-state index in [9.17, 15) is 4.79 Å². The maximum absolute atomic E-state index is 11.5. The summed E-state index contributed by atoms with van der Waals surface area (Å²) < 4.78 is 15.2. The Kier molecular flexibility index (Phi) is 6.54. The van der Waals surface area contributed by atoms with Crippen LogP contribution in [-0.4, -0.2) is 33.4 Å². The van der Waals surface area contributed by atoms with E-state index < -0.39 is 0 Å². The number of methoxy groups -OCH3 is 2. The number of ether oxygens (including phenoxy) is 3. The van der Waals surface area contributed by atoms with E-state index >= 15 is 0 Å². The first kappa shape index (κ1) is 14.8. The molecule has 1 aromatic rings. The molecule has 1 aromatic carbocycles. The summed E-state index contributed by atoms with van der Waals surface area (Å²) in [6.45, 7) is 0.731. The van der Waals surface area contributed by atoms with Crippen LogP contribution in [0.25, 0.3) is 0 Å². The van der Waals surface area contributed by atoms with Crippen molar-refractivity contribution >= 4 is 17.6 Å². The molecule has 0 amide bonds. The fourth-order valence-electron chi connectivity index (χ4n) is 1.45. The minimum Gasteiger partial charge on any atom is -0.493 e. The highest BCUT2D eigenvalue weighted by atomic mass is 35.5. The Bertz CT molecular complexity index is 381. The van der Waals surface area contributed by atoms with Crippen LogP contribution < -0.4 is 4.74 Å². The second-order valence-electron chi connectivity index (χ2n) is 3.77. The fourth-order valence-corrected chi connectivity index (χ4v) is 1.63. The highest BCUT2D eigenvalue weighted by Crippen LogP contribution is 2.18. The molecular formula is C13H17ClO4. The van der Waals surface area contributed by atoms with Crippen molar-refractivity contribution in [3.05, 3.63) is 29.3 Å². The van der Waals surface area contributed by atoms with Gasteiger partial charge in [-0.3, -0.25) is 4.79 Å². The molecule has 1 atom stereocenters. The molecular weight excluding hydrogens is 256 g/mol. The summed E-state index contributed by atoms with van der Waals surface area (Å²) in [5.74, 6) is -0.00294. The number of carbonyl (C=O) groups excluding carboxylic acids is 1. The zero-order valence-corrected chi connectivity index (χ0v) is 11.3. The van der Waals surface area contributed by atoms with Crippen LogP contribution in [0.1, 0.15) is 6.42 Å². The number of halogens is 1. The summed E-state index contributed by atoms with van der Waals surface area (Å²) in [6.07, 6.45) is 0.559. The molecule has 0 saturated carbocycles. The molecule has 0 heterocycles. The lowest BCUT2D eigenvalue weighted by molar-refractivity contribution is -0.147. The van der Waals surface area contributed by atoms with Crippen molar-refractivity contribution in [3.63, 3.8) is 0 Å². The molecule has 5 heteroatoms. The standard InChI is InChI=1S/C13H17ClO4/c1-16-7-6-10(13(15)17-2)9-18-12-5-3-4-11(14)8-12/h3-5,8,10H,6-7,9H2,1-2H3. The van der Waals surface area contributed by atoms with E-state index in [4.69, 9.17) is 25.8 Å². The monoisotopic (exact) mass is 272 g/mol. The fraction of sp³-hybridized carbons (Fsp3) is 0.462. The van der Waals surface area contributed by atoms with E-state index in [0.717, 1.165) is 0 Å². The van der Waals surface area contributed by atoms with Crippen molar-refractivity contribution in [1.29, 1.82) is 0 Å². The average molecular weight is 273 g/mol. The Morgan fingerprint density at radius 1 is 1.39 bits per heavy atom. The SMILES string of the molecule is COCCC(COc1cccc(Cl)c1)C(=O)OC. The summed E-state index contributed by atoms with van der Waals surface area (Å²) in [6, 6.07) is 7.04. The van der Waals surface area contributed by atoms with Gasteiger partial charge in [-0.05, 0) is 24.6 Å². The first-order valence-electron chi connectivity index (χ1n) is 5.62. The second-order valence-corrected chi connectivity index (χ2v) is 4.21. The van der Waals surface area contributed by atoms with Crippen molar-refractivity contribution in [2.45, 2.75) is 6.42 Å². The molecule has 0 N–H and O–H groups in total. The van der Waals surface area contributed by atoms with Gasteiger partial charge in [-0.2, -0.15) is 0 Å². The molecule has 18 heavy (non-hydrogen) atoms. The normalized spacial score (nSPS) is 11.9. The second kappa shape index (κ2) is 7.95. The minimum atomic E-state index is -0.339. The van der Waals surface area contributed by atoms with Crippen LogP contribution in [-0.2, 0) is 14.3 Å². The summed E-state index contributed by atoms with van der Waals surface area (Å²) >= 11 is 5.84. The molecule has 0 aliphatic rings. The number of rotatable bonds is 7. The van der Waals surface area contributed by atoms with E-state index in [1.807, 2.05) is 0 Å². The number of carbonyl (C=O) groups is 1. The summed E-state index contributed by atoms with van der Waals surface area (Å²) in [5, 5.41) is 0.596. The molecule has 0 radical (unpaired) electrons. The van der Waals surface area contributed by atoms with E-state index in [-0.39, 0.29) is 18.5 Å². The predicted octanol–water partition coefficient (Wildman–Crippen LogP) is 2.54. The minimum absolute atomic E-state index is 0.246. The number of esters is 1. The number of benzene rings is 1. The van der Waals surface area contributed by atoms with Crippen LogP contribution in [0.5, 0.6) is 5.75 Å². The zero-order valence-electron chi connectivity index (χ0n) is 10.5. The van der Waals surface area contributed by atoms with Gasteiger partial charge in [-0.15, -0.1) is 0 Å². The molecule has 0 aromatic heterocycles. The third kappa shape index (κ3) is 4.94. The number of hydrogen-bond donors (Lipinski definition) is 0. The Balaban J connectivity index is 2.53. The molecule has 4 nitrogen and oxygen atoms in total. The van der Waals surface area contributed by atoms with Gasteiger partial charge < -0.3 is 14.2 Å². The van der Waals surface area contributed by atoms with E-state index in [2.05, 4.69) is 0 Å². The lowest BCUT2D eigenvalue weighted by Gasteiger charge is -2.15. The van der Waals surface area contributed by atoms with Crippen LogP contribution in [0.4, 0.5) is 0 Å². The molecule has 100 valence electrons. The van der Waals surface area contributed by atoms with E-state index in [1.54, 1.807) is 31.4 Å². The maximum atomic E-state index is 11.5. The highest BCUT2D eigenvalue weighted by molar-refractivity contribution is 6.30. The molecule has 0 bridgehead atoms. The summed E-state index contributed by atoms with van der Waals surface area (Å²) in [5.41, 5.74) is 0. The van der Waals surface area contributed by atoms with Crippen molar-refractivity contribution in [2.75, 3.05) is 27.4 Å². The first-order valence-corrected chi connectivity index (χ1v) is 6.00. The first-order chi connectivity index (χ1) is 8.67. The Morgan fingerprint density at radius 2 is 2.17 bits per heavy atom. The third-order valence-electron chi connectivity index (χ3n) is 2.45. The van der Waals surface area contributed by atoms with Gasteiger partial charge in [-0.25, -0.2) is 0 Å². The molecule has 0 fully saturated rings. The molecule has 1 unspecified atom stereocenters. The molecule has 0 aliphatic carbocycles. The van der Waals surface area contributed by atoms with Gasteiger partial charge in [0.2, 0.25) is 0 Å². The Morgan fingerprint density at radius 3 is 2.78 bits per heavy atom. The van der Waals surface area contributed by atoms with Crippen LogP contribution in [0, 0.1) is 5.92 Å². The summed E-state index contributed by atoms with van der Waals surface area (Å²) in [7, 11) is 2.95. The van der Waals surface area contributed by atoms with Gasteiger partial charge in [0.15, 0.2) is 0 Å². The smallest absolute Gasteiger partial charge is 0.312 e. The largest absolute Gasteiger partial charge is 0.493 e. The predicted molar refractivity (Wildman–Crippen MR) is 68.9 cm³/mol. The lowest BCUT2D eigenvalue weighted by Crippen LogP contribution is -2.24. The van der Waals surface area contributed by atoms with E-state index in [1.165, 1.54) is 7.11 Å². The van der Waals surface area contributed by atoms with Crippen LogP contribution in [0.3, 0.4) is 0 Å². The quantitative estimate of drug-likeness (QED) is 0.716. The van der Waals surface area contributed by atoms with Gasteiger partial charge in [0.25, 0.3) is 0 Å². The van der Waals surface area contributed by atoms with Crippen LogP contribution >= 0.6 is 11.6 Å². The maximum Gasteiger partial charge on any atom is 0.312 e. The molecule has 0 spiro atoms. The van der Waals surface area contributed by atoms with Gasteiger partial charge in [0, 0.05) is 18.7 Å². The van der Waals surface area contributed by atoms with Gasteiger partial charge in [0.05, 0.1) is 13.0 Å². The van der Waals surface area contributed by atoms with E-state index in [0.29, 0.717) is 23.8 Å². The lowest BCUT2D eigenvalue weighted by atomic mass is 10.1. The Hall–Kier alpha value is -1.26. The topological polar surface area (TPSA) is 44.8 Å². The highest BCUT2D eigenvalue weighted by Gasteiger charge is 2.19. The molecule has 0 saturated heterocycles.